The molecule has 3 heterocycles. The number of pyridine rings is 1. The van der Waals surface area contributed by atoms with Gasteiger partial charge >= 0.3 is 6.09 Å². The molecular weight excluding hydrogens is 444 g/mol. The Bertz CT molecular complexity index is 1070. The van der Waals surface area contributed by atoms with Gasteiger partial charge < -0.3 is 15.0 Å². The van der Waals surface area contributed by atoms with Crippen molar-refractivity contribution in [1.29, 1.82) is 0 Å². The lowest BCUT2D eigenvalue weighted by molar-refractivity contribution is 0.0205. The van der Waals surface area contributed by atoms with Gasteiger partial charge in [-0.1, -0.05) is 29.8 Å². The van der Waals surface area contributed by atoms with Crippen molar-refractivity contribution < 1.29 is 9.53 Å². The van der Waals surface area contributed by atoms with Crippen LogP contribution in [0, 0.1) is 0 Å². The molecule has 1 aliphatic rings. The Morgan fingerprint density at radius 2 is 1.97 bits per heavy atom. The maximum atomic E-state index is 12.4. The Balaban J connectivity index is 1.55. The number of piperidine rings is 1. The second kappa shape index (κ2) is 9.46. The minimum Gasteiger partial charge on any atom is -0.444 e. The van der Waals surface area contributed by atoms with Gasteiger partial charge in [0.2, 0.25) is 0 Å². The molecule has 0 unspecified atom stereocenters. The summed E-state index contributed by atoms with van der Waals surface area (Å²) in [6, 6.07) is 13.5. The third-order valence-corrected chi connectivity index (χ3v) is 6.51. The van der Waals surface area contributed by atoms with E-state index in [9.17, 15) is 4.79 Å². The van der Waals surface area contributed by atoms with Crippen LogP contribution in [0.25, 0.3) is 11.3 Å². The predicted molar refractivity (Wildman–Crippen MR) is 130 cm³/mol. The molecule has 1 aromatic carbocycles. The number of nitrogens with zero attached hydrogens (tertiary/aromatic N) is 3. The lowest BCUT2D eigenvalue weighted by Gasteiger charge is -2.32. The molecule has 0 atom stereocenters. The predicted octanol–water partition coefficient (Wildman–Crippen LogP) is 6.72. The first kappa shape index (κ1) is 22.6. The number of halogens is 1. The van der Waals surface area contributed by atoms with Crippen LogP contribution in [0.4, 0.5) is 15.6 Å². The normalized spacial score (nSPS) is 14.9. The summed E-state index contributed by atoms with van der Waals surface area (Å²) in [5, 5.41) is 6.09. The van der Waals surface area contributed by atoms with E-state index in [1.54, 1.807) is 22.4 Å². The van der Waals surface area contributed by atoms with Crippen molar-refractivity contribution in [3.8, 4) is 11.3 Å². The molecule has 1 amide bonds. The molecule has 0 spiro atoms. The quantitative estimate of drug-likeness (QED) is 0.458. The average Bonchev–Trinajstić information content (AvgIpc) is 3.17. The van der Waals surface area contributed by atoms with Gasteiger partial charge in [0.25, 0.3) is 0 Å². The first-order valence-electron chi connectivity index (χ1n) is 10.7. The number of aromatic nitrogens is 2. The van der Waals surface area contributed by atoms with E-state index in [4.69, 9.17) is 21.3 Å². The maximum Gasteiger partial charge on any atom is 0.410 e. The summed E-state index contributed by atoms with van der Waals surface area (Å²) in [5.74, 6) is 1.06. The molecule has 1 saturated heterocycles. The van der Waals surface area contributed by atoms with Gasteiger partial charge in [0, 0.05) is 35.8 Å². The van der Waals surface area contributed by atoms with Crippen LogP contribution < -0.4 is 5.32 Å². The van der Waals surface area contributed by atoms with Gasteiger partial charge in [-0.2, -0.15) is 0 Å². The second-order valence-corrected chi connectivity index (χ2v) is 10.3. The lowest BCUT2D eigenvalue weighted by Crippen LogP contribution is -2.41. The van der Waals surface area contributed by atoms with Crippen LogP contribution in [0.3, 0.4) is 0 Å². The third-order valence-electron chi connectivity index (χ3n) is 5.14. The smallest absolute Gasteiger partial charge is 0.410 e. The summed E-state index contributed by atoms with van der Waals surface area (Å²) in [4.78, 5) is 23.6. The van der Waals surface area contributed by atoms with Gasteiger partial charge in [-0.15, -0.1) is 11.3 Å². The van der Waals surface area contributed by atoms with Crippen molar-refractivity contribution >= 4 is 39.8 Å². The van der Waals surface area contributed by atoms with Crippen molar-refractivity contribution in [3.05, 3.63) is 58.7 Å². The Labute approximate surface area is 197 Å². The van der Waals surface area contributed by atoms with Crippen LogP contribution >= 0.6 is 22.9 Å². The zero-order chi connectivity index (χ0) is 22.7. The molecule has 1 aliphatic heterocycles. The SMILES string of the molecule is CC(C)(C)OC(=O)N1CCC(c2nc(-c3cccc(Cl)c3)c(Nc3ccccn3)s2)CC1. The van der Waals surface area contributed by atoms with Crippen LogP contribution in [0.15, 0.2) is 48.7 Å². The minimum absolute atomic E-state index is 0.243. The van der Waals surface area contributed by atoms with E-state index in [0.29, 0.717) is 18.1 Å². The first-order chi connectivity index (χ1) is 15.3. The molecule has 0 aliphatic carbocycles. The molecular formula is C24H27ClN4O2S. The fourth-order valence-electron chi connectivity index (χ4n) is 3.62. The van der Waals surface area contributed by atoms with E-state index < -0.39 is 5.60 Å². The van der Waals surface area contributed by atoms with Crippen molar-refractivity contribution in [2.45, 2.75) is 45.1 Å². The fraction of sp³-hybridized carbons (Fsp3) is 0.375. The summed E-state index contributed by atoms with van der Waals surface area (Å²) < 4.78 is 5.52. The van der Waals surface area contributed by atoms with Crippen LogP contribution in [-0.2, 0) is 4.74 Å². The molecule has 4 rings (SSSR count). The van der Waals surface area contributed by atoms with Crippen molar-refractivity contribution in [1.82, 2.24) is 14.9 Å². The van der Waals surface area contributed by atoms with Gasteiger partial charge in [0.15, 0.2) is 0 Å². The number of rotatable bonds is 4. The summed E-state index contributed by atoms with van der Waals surface area (Å²) in [6.45, 7) is 6.99. The van der Waals surface area contributed by atoms with Crippen LogP contribution in [-0.4, -0.2) is 39.7 Å². The van der Waals surface area contributed by atoms with E-state index in [0.717, 1.165) is 39.9 Å². The summed E-state index contributed by atoms with van der Waals surface area (Å²) >= 11 is 7.89. The number of nitrogens with one attached hydrogen (secondary N) is 1. The number of likely N-dealkylation sites (tertiary alicyclic amines) is 1. The number of hydrogen-bond donors (Lipinski definition) is 1. The zero-order valence-corrected chi connectivity index (χ0v) is 20.0. The molecule has 0 bridgehead atoms. The molecule has 0 saturated carbocycles. The minimum atomic E-state index is -0.485. The largest absolute Gasteiger partial charge is 0.444 e. The Hall–Kier alpha value is -2.64. The van der Waals surface area contributed by atoms with Gasteiger partial charge in [0.1, 0.15) is 22.1 Å². The van der Waals surface area contributed by atoms with E-state index in [1.165, 1.54) is 0 Å². The molecule has 6 nitrogen and oxygen atoms in total. The Morgan fingerprint density at radius 1 is 1.19 bits per heavy atom. The number of carbonyl (C=O) groups is 1. The van der Waals surface area contributed by atoms with E-state index in [1.807, 2.05) is 63.2 Å². The van der Waals surface area contributed by atoms with E-state index in [2.05, 4.69) is 10.3 Å². The highest BCUT2D eigenvalue weighted by Crippen LogP contribution is 2.41. The highest BCUT2D eigenvalue weighted by molar-refractivity contribution is 7.16. The number of carbonyl (C=O) groups excluding carboxylic acids is 1. The number of thiazole rings is 1. The average molecular weight is 471 g/mol. The summed E-state index contributed by atoms with van der Waals surface area (Å²) in [6.07, 6.45) is 3.22. The highest BCUT2D eigenvalue weighted by Gasteiger charge is 2.29. The van der Waals surface area contributed by atoms with E-state index in [-0.39, 0.29) is 12.0 Å². The van der Waals surface area contributed by atoms with Gasteiger partial charge in [-0.3, -0.25) is 0 Å². The molecule has 0 radical (unpaired) electrons. The lowest BCUT2D eigenvalue weighted by atomic mass is 9.98. The number of amides is 1. The molecule has 1 fully saturated rings. The van der Waals surface area contributed by atoms with Crippen molar-refractivity contribution in [2.24, 2.45) is 0 Å². The molecule has 32 heavy (non-hydrogen) atoms. The van der Waals surface area contributed by atoms with Gasteiger partial charge in [0.05, 0.1) is 5.01 Å². The van der Waals surface area contributed by atoms with Gasteiger partial charge in [-0.05, 0) is 57.9 Å². The fourth-order valence-corrected chi connectivity index (χ4v) is 4.97. The molecule has 168 valence electrons. The number of hydrogen-bond acceptors (Lipinski definition) is 6. The summed E-state index contributed by atoms with van der Waals surface area (Å²) in [5.41, 5.74) is 1.35. The number of anilines is 2. The molecule has 8 heteroatoms. The number of benzene rings is 1. The second-order valence-electron chi connectivity index (χ2n) is 8.82. The van der Waals surface area contributed by atoms with Crippen LogP contribution in [0.5, 0.6) is 0 Å². The van der Waals surface area contributed by atoms with E-state index >= 15 is 0 Å². The third kappa shape index (κ3) is 5.58. The Kier molecular flexibility index (Phi) is 6.67. The highest BCUT2D eigenvalue weighted by atomic mass is 35.5. The zero-order valence-electron chi connectivity index (χ0n) is 18.5. The molecule has 2 aromatic heterocycles. The molecule has 3 aromatic rings. The first-order valence-corrected chi connectivity index (χ1v) is 11.9. The van der Waals surface area contributed by atoms with Gasteiger partial charge in [-0.25, -0.2) is 14.8 Å². The molecule has 1 N–H and O–H groups in total. The number of ether oxygens (including phenoxy) is 1. The van der Waals surface area contributed by atoms with Crippen LogP contribution in [0.1, 0.15) is 44.5 Å². The van der Waals surface area contributed by atoms with Crippen molar-refractivity contribution in [3.63, 3.8) is 0 Å². The summed E-state index contributed by atoms with van der Waals surface area (Å²) in [7, 11) is 0. The standard InChI is InChI=1S/C24H27ClN4O2S/c1-24(2,3)31-23(30)29-13-10-16(11-14-29)21-28-20(17-7-6-8-18(25)15-17)22(32-21)27-19-9-4-5-12-26-19/h4-9,12,15-16H,10-11,13-14H2,1-3H3,(H,26,27). The Morgan fingerprint density at radius 3 is 2.62 bits per heavy atom. The van der Waals surface area contributed by atoms with Crippen LogP contribution in [0.2, 0.25) is 5.02 Å². The van der Waals surface area contributed by atoms with Crippen molar-refractivity contribution in [2.75, 3.05) is 18.4 Å². The topological polar surface area (TPSA) is 67.3 Å². The maximum absolute atomic E-state index is 12.4. The monoisotopic (exact) mass is 470 g/mol.